The lowest BCUT2D eigenvalue weighted by atomic mass is 9.50. The minimum absolute atomic E-state index is 0.137. The molecule has 11 nitrogen and oxygen atoms in total. The van der Waals surface area contributed by atoms with Crippen molar-refractivity contribution in [1.29, 1.82) is 0 Å². The number of carboxylic acids is 2. The summed E-state index contributed by atoms with van der Waals surface area (Å²) < 4.78 is 19.6. The third-order valence-electron chi connectivity index (χ3n) is 15.2. The molecular weight excluding hydrogens is 945 g/mol. The molecule has 3 aliphatic carbocycles. The first-order valence-electron chi connectivity index (χ1n) is 28.2. The number of carboxylic acid groups (broad SMARTS) is 2. The molecular formula is C64H92O11. The van der Waals surface area contributed by atoms with Crippen molar-refractivity contribution < 1.29 is 53.1 Å². The van der Waals surface area contributed by atoms with Crippen molar-refractivity contribution in [3.63, 3.8) is 0 Å². The van der Waals surface area contributed by atoms with Crippen LogP contribution >= 0.6 is 0 Å². The molecule has 1 heterocycles. The first kappa shape index (κ1) is 63.7. The summed E-state index contributed by atoms with van der Waals surface area (Å²) in [6, 6.07) is 13.7. The van der Waals surface area contributed by atoms with Gasteiger partial charge in [-0.25, -0.2) is 19.2 Å². The van der Waals surface area contributed by atoms with Gasteiger partial charge in [0, 0.05) is 33.8 Å². The number of rotatable bonds is 15. The van der Waals surface area contributed by atoms with Crippen LogP contribution < -0.4 is 9.47 Å². The number of ether oxygens (including phenoxy) is 4. The molecule has 4 aliphatic rings. The minimum Gasteiger partial charge on any atom is -0.497 e. The van der Waals surface area contributed by atoms with Crippen LogP contribution in [0, 0.1) is 23.2 Å². The van der Waals surface area contributed by atoms with Gasteiger partial charge in [0.15, 0.2) is 5.78 Å². The van der Waals surface area contributed by atoms with Gasteiger partial charge in [0.25, 0.3) is 0 Å². The van der Waals surface area contributed by atoms with E-state index in [-0.39, 0.29) is 28.8 Å². The number of esters is 2. The minimum atomic E-state index is -0.935. The van der Waals surface area contributed by atoms with Crippen LogP contribution in [0.25, 0.3) is 6.08 Å². The van der Waals surface area contributed by atoms with Crippen LogP contribution in [-0.2, 0) is 28.7 Å². The van der Waals surface area contributed by atoms with Crippen LogP contribution in [0.3, 0.4) is 0 Å². The number of methoxy groups -OCH3 is 1. The highest BCUT2D eigenvalue weighted by atomic mass is 16.6. The van der Waals surface area contributed by atoms with E-state index < -0.39 is 17.9 Å². The molecule has 1 atom stereocenters. The van der Waals surface area contributed by atoms with Crippen LogP contribution in [0.2, 0.25) is 0 Å². The fraction of sp³-hybridized carbons (Fsp3) is 0.578. The summed E-state index contributed by atoms with van der Waals surface area (Å²) in [4.78, 5) is 56.5. The Morgan fingerprint density at radius 3 is 1.28 bits per heavy atom. The van der Waals surface area contributed by atoms with Crippen LogP contribution in [0.15, 0.2) is 104 Å². The van der Waals surface area contributed by atoms with Crippen LogP contribution in [0.4, 0.5) is 0 Å². The molecule has 0 aromatic heterocycles. The molecule has 1 saturated heterocycles. The topological polar surface area (TPSA) is 166 Å². The van der Waals surface area contributed by atoms with E-state index in [4.69, 9.17) is 24.1 Å². The van der Waals surface area contributed by atoms with Crippen molar-refractivity contribution in [1.82, 2.24) is 0 Å². The van der Waals surface area contributed by atoms with E-state index in [1.165, 1.54) is 186 Å². The van der Waals surface area contributed by atoms with E-state index in [9.17, 15) is 29.1 Å². The number of benzene rings is 2. The standard InChI is InChI=1S/C34H60O2.C19H16O4.C7H10O3.C4H6O2/c1-29(33(35)36)34(30-23-17-11-5-2-6-12-18-24-30,31-25-19-13-7-3-8-14-20-26-31)32-27-21-15-9-4-10-16-22-28-32;1-3-19(21)23-17-11-7-15(8-12-17)18(20)13-6-14-4-9-16(22-2)10-5-14;1-5(2)7(8)10-4-6-3-9-6;1-3(2)4(5)6/h30-32H,1-28H2,(H,35,36);3-13H,1H2,2H3;6H,1,3-4H2,2H3;1H2,2H3,(H,5,6). The Kier molecular flexibility index (Phi) is 31.0. The van der Waals surface area contributed by atoms with Crippen molar-refractivity contribution in [2.75, 3.05) is 20.3 Å². The molecule has 1 unspecified atom stereocenters. The van der Waals surface area contributed by atoms with Gasteiger partial charge in [0.1, 0.15) is 24.2 Å². The van der Waals surface area contributed by atoms with Gasteiger partial charge in [-0.1, -0.05) is 179 Å². The summed E-state index contributed by atoms with van der Waals surface area (Å²) in [5.74, 6) is 0.0432. The summed E-state index contributed by atoms with van der Waals surface area (Å²) in [5, 5.41) is 18.6. The molecule has 0 spiro atoms. The summed E-state index contributed by atoms with van der Waals surface area (Å²) in [6.07, 6.45) is 40.0. The number of aliphatic carboxylic acids is 2. The van der Waals surface area contributed by atoms with E-state index >= 15 is 0 Å². The number of epoxide rings is 1. The predicted molar refractivity (Wildman–Crippen MR) is 301 cm³/mol. The van der Waals surface area contributed by atoms with Gasteiger partial charge < -0.3 is 29.2 Å². The Bertz CT molecular complexity index is 2010. The first-order chi connectivity index (χ1) is 36.1. The van der Waals surface area contributed by atoms with E-state index in [1.54, 1.807) is 44.4 Å². The average Bonchev–Trinajstić information content (AvgIpc) is 4.26. The van der Waals surface area contributed by atoms with Crippen molar-refractivity contribution >= 4 is 35.7 Å². The Hall–Kier alpha value is -5.55. The fourth-order valence-corrected chi connectivity index (χ4v) is 11.1. The van der Waals surface area contributed by atoms with E-state index in [1.807, 2.05) is 24.3 Å². The lowest BCUT2D eigenvalue weighted by Crippen LogP contribution is -2.48. The Labute approximate surface area is 450 Å². The van der Waals surface area contributed by atoms with Crippen molar-refractivity contribution in [3.05, 3.63) is 115 Å². The Morgan fingerprint density at radius 1 is 0.587 bits per heavy atom. The molecule has 3 saturated carbocycles. The van der Waals surface area contributed by atoms with Gasteiger partial charge in [-0.3, -0.25) is 4.79 Å². The number of carbonyl (C=O) groups excluding carboxylic acids is 3. The summed E-state index contributed by atoms with van der Waals surface area (Å²) in [5.41, 5.74) is 2.46. The number of hydrogen-bond acceptors (Lipinski definition) is 9. The maximum Gasteiger partial charge on any atom is 0.335 e. The Balaban J connectivity index is 0.000000320. The average molecular weight is 1040 g/mol. The van der Waals surface area contributed by atoms with Gasteiger partial charge in [-0.15, -0.1) is 0 Å². The largest absolute Gasteiger partial charge is 0.497 e. The summed E-state index contributed by atoms with van der Waals surface area (Å²) >= 11 is 0. The van der Waals surface area contributed by atoms with Crippen molar-refractivity contribution in [3.8, 4) is 11.5 Å². The van der Waals surface area contributed by atoms with E-state index in [0.29, 0.717) is 53.4 Å². The molecule has 4 fully saturated rings. The highest BCUT2D eigenvalue weighted by Gasteiger charge is 2.53. The highest BCUT2D eigenvalue weighted by molar-refractivity contribution is 6.06. The molecule has 6 rings (SSSR count). The second kappa shape index (κ2) is 36.4. The highest BCUT2D eigenvalue weighted by Crippen LogP contribution is 2.58. The van der Waals surface area contributed by atoms with Gasteiger partial charge in [-0.2, -0.15) is 0 Å². The fourth-order valence-electron chi connectivity index (χ4n) is 11.1. The Morgan fingerprint density at radius 2 is 0.960 bits per heavy atom. The number of ketones is 1. The molecule has 2 N–H and O–H groups in total. The van der Waals surface area contributed by atoms with Gasteiger partial charge >= 0.3 is 23.9 Å². The monoisotopic (exact) mass is 1040 g/mol. The van der Waals surface area contributed by atoms with E-state index in [0.717, 1.165) is 17.4 Å². The SMILES string of the molecule is C=C(C(=O)O)C(C1CCCCCCCCC1)(C1CCCCCCCCC1)C1CCCCCCCCC1.C=C(C)C(=O)O.C=C(C)C(=O)OCC1CO1.C=CC(=O)Oc1ccc(C(=O)C=Cc2ccc(OC)cc2)cc1. The van der Waals surface area contributed by atoms with Crippen molar-refractivity contribution in [2.24, 2.45) is 23.2 Å². The van der Waals surface area contributed by atoms with Crippen LogP contribution in [0.1, 0.15) is 203 Å². The summed E-state index contributed by atoms with van der Waals surface area (Å²) in [7, 11) is 1.60. The molecule has 414 valence electrons. The van der Waals surface area contributed by atoms with Crippen LogP contribution in [0.5, 0.6) is 11.5 Å². The van der Waals surface area contributed by atoms with E-state index in [2.05, 4.69) is 26.3 Å². The molecule has 1 aliphatic heterocycles. The lowest BCUT2D eigenvalue weighted by molar-refractivity contribution is -0.139. The molecule has 11 heteroatoms. The number of hydrogen-bond donors (Lipinski definition) is 2. The zero-order valence-electron chi connectivity index (χ0n) is 46.1. The first-order valence-corrected chi connectivity index (χ1v) is 28.2. The van der Waals surface area contributed by atoms with Gasteiger partial charge in [0.2, 0.25) is 0 Å². The molecule has 0 amide bonds. The molecule has 2 aromatic carbocycles. The zero-order chi connectivity index (χ0) is 54.9. The molecule has 0 radical (unpaired) electrons. The maximum absolute atomic E-state index is 13.0. The number of carbonyl (C=O) groups is 5. The second-order valence-corrected chi connectivity index (χ2v) is 21.0. The molecule has 2 aromatic rings. The summed E-state index contributed by atoms with van der Waals surface area (Å²) in [6.45, 7) is 18.6. The third kappa shape index (κ3) is 24.3. The molecule has 75 heavy (non-hydrogen) atoms. The third-order valence-corrected chi connectivity index (χ3v) is 15.2. The quantitative estimate of drug-likeness (QED) is 0.0573. The predicted octanol–water partition coefficient (Wildman–Crippen LogP) is 15.9. The molecule has 0 bridgehead atoms. The van der Waals surface area contributed by atoms with Gasteiger partial charge in [0.05, 0.1) is 13.7 Å². The van der Waals surface area contributed by atoms with Crippen LogP contribution in [-0.4, -0.2) is 66.3 Å². The van der Waals surface area contributed by atoms with Crippen molar-refractivity contribution in [2.45, 2.75) is 193 Å². The van der Waals surface area contributed by atoms with Gasteiger partial charge in [-0.05, 0) is 118 Å². The zero-order valence-corrected chi connectivity index (χ0v) is 46.1. The maximum atomic E-state index is 13.0. The lowest BCUT2D eigenvalue weighted by Gasteiger charge is -2.53. The normalized spacial score (nSPS) is 18.7. The number of allylic oxidation sites excluding steroid dienone is 1. The second-order valence-electron chi connectivity index (χ2n) is 21.0. The smallest absolute Gasteiger partial charge is 0.335 e.